The summed E-state index contributed by atoms with van der Waals surface area (Å²) in [5, 5.41) is 15.0. The molecule has 0 saturated carbocycles. The van der Waals surface area contributed by atoms with E-state index in [0.717, 1.165) is 64.7 Å². The normalized spacial score (nSPS) is 15.9. The highest BCUT2D eigenvalue weighted by molar-refractivity contribution is 7.99. The summed E-state index contributed by atoms with van der Waals surface area (Å²) < 4.78 is 0. The minimum atomic E-state index is -0.164. The molecule has 1 unspecified atom stereocenters. The number of aryl methyl sites for hydroxylation is 1. The van der Waals surface area contributed by atoms with E-state index < -0.39 is 0 Å². The molecule has 1 saturated heterocycles. The molecule has 1 fully saturated rings. The van der Waals surface area contributed by atoms with E-state index in [2.05, 4.69) is 44.0 Å². The number of hydrogen-bond acceptors (Lipinski definition) is 10. The summed E-state index contributed by atoms with van der Waals surface area (Å²) in [6, 6.07) is 2.01. The quantitative estimate of drug-likeness (QED) is 0.197. The van der Waals surface area contributed by atoms with Gasteiger partial charge in [-0.2, -0.15) is 0 Å². The highest BCUT2D eigenvalue weighted by atomic mass is 32.2. The van der Waals surface area contributed by atoms with Gasteiger partial charge in [-0.3, -0.25) is 9.88 Å². The van der Waals surface area contributed by atoms with E-state index in [-0.39, 0.29) is 6.10 Å². The van der Waals surface area contributed by atoms with Gasteiger partial charge >= 0.3 is 0 Å². The minimum Gasteiger partial charge on any atom is -0.393 e. The van der Waals surface area contributed by atoms with Crippen LogP contribution in [0.2, 0.25) is 0 Å². The van der Waals surface area contributed by atoms with Crippen LogP contribution in [0.5, 0.6) is 0 Å². The highest BCUT2D eigenvalue weighted by Gasteiger charge is 2.17. The van der Waals surface area contributed by atoms with Gasteiger partial charge in [-0.1, -0.05) is 56.2 Å². The number of likely N-dealkylation sites (tertiary alicyclic amines) is 1. The van der Waals surface area contributed by atoms with Crippen LogP contribution in [0.15, 0.2) is 29.8 Å². The van der Waals surface area contributed by atoms with Gasteiger partial charge in [-0.25, -0.2) is 19.9 Å². The third-order valence-electron chi connectivity index (χ3n) is 6.00. The number of aromatic nitrogens is 5. The summed E-state index contributed by atoms with van der Waals surface area (Å²) in [5.41, 5.74) is 2.79. The molecule has 4 heterocycles. The first-order chi connectivity index (χ1) is 17.0. The van der Waals surface area contributed by atoms with Gasteiger partial charge in [0.25, 0.3) is 0 Å². The van der Waals surface area contributed by atoms with Gasteiger partial charge in [0, 0.05) is 36.8 Å². The lowest BCUT2D eigenvalue weighted by Crippen LogP contribution is -2.35. The first kappa shape index (κ1) is 25.9. The molecule has 35 heavy (non-hydrogen) atoms. The molecule has 8 nitrogen and oxygen atoms in total. The number of rotatable bonds is 11. The Morgan fingerprint density at radius 3 is 2.71 bits per heavy atom. The number of aliphatic hydroxyl groups is 1. The summed E-state index contributed by atoms with van der Waals surface area (Å²) in [5.74, 6) is 0.666. The molecule has 0 amide bonds. The fourth-order valence-corrected chi connectivity index (χ4v) is 5.78. The van der Waals surface area contributed by atoms with Gasteiger partial charge in [-0.15, -0.1) is 0 Å². The van der Waals surface area contributed by atoms with E-state index in [0.29, 0.717) is 11.1 Å². The minimum absolute atomic E-state index is 0.164. The van der Waals surface area contributed by atoms with Gasteiger partial charge in [0.1, 0.15) is 0 Å². The Hall–Kier alpha value is -2.14. The summed E-state index contributed by atoms with van der Waals surface area (Å²) >= 11 is 3.30. The largest absolute Gasteiger partial charge is 0.393 e. The first-order valence-electron chi connectivity index (χ1n) is 12.5. The van der Waals surface area contributed by atoms with E-state index in [1.54, 1.807) is 35.5 Å². The van der Waals surface area contributed by atoms with Crippen molar-refractivity contribution in [2.24, 2.45) is 0 Å². The maximum atomic E-state index is 9.67. The van der Waals surface area contributed by atoms with Crippen molar-refractivity contribution in [2.75, 3.05) is 18.4 Å². The topological polar surface area (TPSA) is 100.0 Å². The Kier molecular flexibility index (Phi) is 9.42. The summed E-state index contributed by atoms with van der Waals surface area (Å²) in [7, 11) is 0. The molecule has 1 aliphatic rings. The van der Waals surface area contributed by atoms with Crippen LogP contribution in [0.3, 0.4) is 0 Å². The highest BCUT2D eigenvalue weighted by Crippen LogP contribution is 2.32. The van der Waals surface area contributed by atoms with E-state index >= 15 is 0 Å². The molecule has 1 atom stereocenters. The standard InChI is InChI=1S/C25H35N7OS2/c1-4-5-6-7-18(3)34-25-29-17(2)12-21(30-25)22-14-28-24(35-22)31-23-15-26-19(13-27-23)16-32-10-8-20(33)9-11-32/h12-15,18,20,33H,4-11,16H2,1-3H3,(H,27,28,31). The molecule has 1 aliphatic heterocycles. The Morgan fingerprint density at radius 1 is 1.14 bits per heavy atom. The second-order valence-electron chi connectivity index (χ2n) is 9.16. The number of unbranched alkanes of at least 4 members (excludes halogenated alkanes) is 2. The van der Waals surface area contributed by atoms with Gasteiger partial charge in [-0.05, 0) is 32.3 Å². The van der Waals surface area contributed by atoms with Gasteiger partial charge in [0.05, 0.1) is 34.8 Å². The fourth-order valence-electron chi connectivity index (χ4n) is 4.01. The van der Waals surface area contributed by atoms with Crippen LogP contribution < -0.4 is 5.32 Å². The van der Waals surface area contributed by atoms with E-state index in [4.69, 9.17) is 4.98 Å². The lowest BCUT2D eigenvalue weighted by Gasteiger charge is -2.28. The zero-order valence-electron chi connectivity index (χ0n) is 20.8. The average Bonchev–Trinajstić information content (AvgIpc) is 3.30. The maximum Gasteiger partial charge on any atom is 0.188 e. The molecule has 3 aromatic heterocycles. The van der Waals surface area contributed by atoms with E-state index in [1.165, 1.54) is 25.7 Å². The molecule has 0 aromatic carbocycles. The van der Waals surface area contributed by atoms with Gasteiger partial charge in [0.2, 0.25) is 0 Å². The van der Waals surface area contributed by atoms with Crippen molar-refractivity contribution in [1.29, 1.82) is 0 Å². The Balaban J connectivity index is 1.35. The molecule has 10 heteroatoms. The van der Waals surface area contributed by atoms with Crippen molar-refractivity contribution in [3.05, 3.63) is 36.0 Å². The summed E-state index contributed by atoms with van der Waals surface area (Å²) in [6.45, 7) is 9.05. The number of hydrogen-bond donors (Lipinski definition) is 2. The van der Waals surface area contributed by atoms with Crippen molar-refractivity contribution in [2.45, 2.75) is 82.4 Å². The zero-order valence-corrected chi connectivity index (χ0v) is 22.4. The SMILES string of the molecule is CCCCCC(C)Sc1nc(C)cc(-c2cnc(Nc3cnc(CN4CCC(O)CC4)cn3)s2)n1. The predicted octanol–water partition coefficient (Wildman–Crippen LogP) is 5.46. The molecule has 4 rings (SSSR count). The van der Waals surface area contributed by atoms with Crippen LogP contribution in [0.4, 0.5) is 10.9 Å². The van der Waals surface area contributed by atoms with Crippen LogP contribution in [0.25, 0.3) is 10.6 Å². The Morgan fingerprint density at radius 2 is 1.97 bits per heavy atom. The lowest BCUT2D eigenvalue weighted by molar-refractivity contribution is 0.0786. The van der Waals surface area contributed by atoms with Crippen molar-refractivity contribution in [1.82, 2.24) is 29.8 Å². The van der Waals surface area contributed by atoms with Crippen LogP contribution in [0, 0.1) is 6.92 Å². The Labute approximate surface area is 216 Å². The zero-order chi connectivity index (χ0) is 24.6. The lowest BCUT2D eigenvalue weighted by atomic mass is 10.1. The molecular weight excluding hydrogens is 478 g/mol. The fraction of sp³-hybridized carbons (Fsp3) is 0.560. The second kappa shape index (κ2) is 12.7. The first-order valence-corrected chi connectivity index (χ1v) is 14.1. The number of aliphatic hydroxyl groups excluding tert-OH is 1. The molecule has 0 spiro atoms. The molecular formula is C25H35N7OS2. The predicted molar refractivity (Wildman–Crippen MR) is 143 cm³/mol. The van der Waals surface area contributed by atoms with Crippen LogP contribution in [-0.4, -0.2) is 59.4 Å². The smallest absolute Gasteiger partial charge is 0.188 e. The van der Waals surface area contributed by atoms with Gasteiger partial charge in [0.15, 0.2) is 16.1 Å². The van der Waals surface area contributed by atoms with Crippen molar-refractivity contribution < 1.29 is 5.11 Å². The molecule has 0 radical (unpaired) electrons. The average molecular weight is 514 g/mol. The van der Waals surface area contributed by atoms with E-state index in [9.17, 15) is 5.11 Å². The number of thiazole rings is 1. The molecule has 0 bridgehead atoms. The summed E-state index contributed by atoms with van der Waals surface area (Å²) in [4.78, 5) is 26.3. The molecule has 3 aromatic rings. The van der Waals surface area contributed by atoms with Crippen LogP contribution in [-0.2, 0) is 6.54 Å². The monoisotopic (exact) mass is 513 g/mol. The number of nitrogens with zero attached hydrogens (tertiary/aromatic N) is 6. The third-order valence-corrected chi connectivity index (χ3v) is 7.96. The number of thioether (sulfide) groups is 1. The van der Waals surface area contributed by atoms with Crippen LogP contribution >= 0.6 is 23.1 Å². The molecule has 188 valence electrons. The van der Waals surface area contributed by atoms with Crippen LogP contribution in [0.1, 0.15) is 63.8 Å². The van der Waals surface area contributed by atoms with Crippen molar-refractivity contribution in [3.63, 3.8) is 0 Å². The second-order valence-corrected chi connectivity index (χ2v) is 11.6. The Bertz CT molecular complexity index is 1070. The van der Waals surface area contributed by atoms with Crippen molar-refractivity contribution >= 4 is 34.0 Å². The number of piperidine rings is 1. The molecule has 2 N–H and O–H groups in total. The third kappa shape index (κ3) is 7.93. The molecule has 0 aliphatic carbocycles. The maximum absolute atomic E-state index is 9.67. The number of nitrogens with one attached hydrogen (secondary N) is 1. The van der Waals surface area contributed by atoms with E-state index in [1.807, 2.05) is 19.2 Å². The van der Waals surface area contributed by atoms with Gasteiger partial charge < -0.3 is 10.4 Å². The summed E-state index contributed by atoms with van der Waals surface area (Å²) in [6.07, 6.45) is 11.8. The number of anilines is 2. The van der Waals surface area contributed by atoms with Crippen molar-refractivity contribution in [3.8, 4) is 10.6 Å².